The third-order valence-corrected chi connectivity index (χ3v) is 5.17. The summed E-state index contributed by atoms with van der Waals surface area (Å²) in [5.74, 6) is 0.675. The average molecular weight is 262 g/mol. The Morgan fingerprint density at radius 2 is 2.06 bits per heavy atom. The first-order valence-corrected chi connectivity index (χ1v) is 8.26. The molecule has 1 atom stereocenters. The van der Waals surface area contributed by atoms with Crippen LogP contribution in [0.1, 0.15) is 33.6 Å². The highest BCUT2D eigenvalue weighted by Crippen LogP contribution is 2.23. The van der Waals surface area contributed by atoms with Gasteiger partial charge in [-0.3, -0.25) is 4.90 Å². The van der Waals surface area contributed by atoms with Gasteiger partial charge < -0.3 is 5.73 Å². The fourth-order valence-electron chi connectivity index (χ4n) is 2.36. The van der Waals surface area contributed by atoms with Crippen molar-refractivity contribution in [1.82, 2.24) is 4.90 Å². The zero-order chi connectivity index (χ0) is 13.1. The molecule has 0 aromatic heterocycles. The van der Waals surface area contributed by atoms with Crippen molar-refractivity contribution in [1.29, 1.82) is 0 Å². The Hall–Kier alpha value is -0.130. The summed E-state index contributed by atoms with van der Waals surface area (Å²) < 4.78 is 23.1. The van der Waals surface area contributed by atoms with E-state index in [1.54, 1.807) is 0 Å². The van der Waals surface area contributed by atoms with Gasteiger partial charge in [-0.15, -0.1) is 0 Å². The van der Waals surface area contributed by atoms with Gasteiger partial charge in [-0.1, -0.05) is 20.8 Å². The zero-order valence-corrected chi connectivity index (χ0v) is 12.1. The molecule has 1 rings (SSSR count). The zero-order valence-electron chi connectivity index (χ0n) is 11.3. The first-order chi connectivity index (χ1) is 7.79. The van der Waals surface area contributed by atoms with Gasteiger partial charge in [0.25, 0.3) is 0 Å². The molecular formula is C12H26N2O2S. The lowest BCUT2D eigenvalue weighted by atomic mass is 9.92. The summed E-state index contributed by atoms with van der Waals surface area (Å²) in [7, 11) is -2.79. The van der Waals surface area contributed by atoms with Crippen molar-refractivity contribution in [3.05, 3.63) is 0 Å². The van der Waals surface area contributed by atoms with Gasteiger partial charge >= 0.3 is 0 Å². The summed E-state index contributed by atoms with van der Waals surface area (Å²) in [5.41, 5.74) is 5.81. The van der Waals surface area contributed by atoms with E-state index in [2.05, 4.69) is 25.7 Å². The maximum Gasteiger partial charge on any atom is 0.151 e. The molecule has 1 fully saturated rings. The monoisotopic (exact) mass is 262 g/mol. The van der Waals surface area contributed by atoms with Crippen LogP contribution in [0.25, 0.3) is 0 Å². The fraction of sp³-hybridized carbons (Fsp3) is 1.00. The van der Waals surface area contributed by atoms with Gasteiger partial charge in [0.1, 0.15) is 0 Å². The molecule has 1 aliphatic rings. The second-order valence-electron chi connectivity index (χ2n) is 5.90. The number of nitrogens with two attached hydrogens (primary N) is 1. The Bertz CT molecular complexity index is 338. The van der Waals surface area contributed by atoms with Crippen molar-refractivity contribution < 1.29 is 8.42 Å². The highest BCUT2D eigenvalue weighted by atomic mass is 32.2. The molecule has 102 valence electrons. The second-order valence-corrected chi connectivity index (χ2v) is 8.12. The Morgan fingerprint density at radius 1 is 1.41 bits per heavy atom. The molecule has 0 radical (unpaired) electrons. The van der Waals surface area contributed by atoms with E-state index in [1.165, 1.54) is 0 Å². The van der Waals surface area contributed by atoms with E-state index in [9.17, 15) is 8.42 Å². The number of rotatable bonds is 6. The summed E-state index contributed by atoms with van der Waals surface area (Å²) in [5, 5.41) is 0. The van der Waals surface area contributed by atoms with Crippen molar-refractivity contribution in [2.45, 2.75) is 39.7 Å². The van der Waals surface area contributed by atoms with Crippen molar-refractivity contribution >= 4 is 9.84 Å². The topological polar surface area (TPSA) is 63.4 Å². The minimum Gasteiger partial charge on any atom is -0.330 e. The van der Waals surface area contributed by atoms with Gasteiger partial charge in [-0.05, 0) is 31.3 Å². The van der Waals surface area contributed by atoms with Crippen molar-refractivity contribution in [3.63, 3.8) is 0 Å². The maximum absolute atomic E-state index is 11.5. The van der Waals surface area contributed by atoms with Crippen LogP contribution in [-0.2, 0) is 9.84 Å². The summed E-state index contributed by atoms with van der Waals surface area (Å²) >= 11 is 0. The minimum atomic E-state index is -2.79. The van der Waals surface area contributed by atoms with Crippen LogP contribution in [-0.4, -0.2) is 50.5 Å². The van der Waals surface area contributed by atoms with Crippen LogP contribution in [0.3, 0.4) is 0 Å². The van der Waals surface area contributed by atoms with Crippen LogP contribution in [0.5, 0.6) is 0 Å². The Morgan fingerprint density at radius 3 is 2.47 bits per heavy atom. The molecule has 0 amide bonds. The predicted octanol–water partition coefficient (Wildman–Crippen LogP) is 0.870. The average Bonchev–Trinajstić information content (AvgIpc) is 2.58. The van der Waals surface area contributed by atoms with E-state index in [-0.39, 0.29) is 11.5 Å². The lowest BCUT2D eigenvalue weighted by Gasteiger charge is -2.35. The highest BCUT2D eigenvalue weighted by molar-refractivity contribution is 7.91. The van der Waals surface area contributed by atoms with E-state index in [1.807, 2.05) is 0 Å². The third kappa shape index (κ3) is 4.56. The lowest BCUT2D eigenvalue weighted by molar-refractivity contribution is 0.143. The molecule has 17 heavy (non-hydrogen) atoms. The van der Waals surface area contributed by atoms with Crippen molar-refractivity contribution in [2.75, 3.05) is 31.1 Å². The SMILES string of the molecule is CCCN(CC(C)(C)CN)C1CCS(=O)(=O)C1. The maximum atomic E-state index is 11.5. The summed E-state index contributed by atoms with van der Waals surface area (Å²) in [4.78, 5) is 2.32. The molecule has 0 bridgehead atoms. The predicted molar refractivity (Wildman–Crippen MR) is 71.8 cm³/mol. The van der Waals surface area contributed by atoms with Crippen LogP contribution in [0, 0.1) is 5.41 Å². The van der Waals surface area contributed by atoms with Crippen molar-refractivity contribution in [2.24, 2.45) is 11.1 Å². The van der Waals surface area contributed by atoms with E-state index >= 15 is 0 Å². The van der Waals surface area contributed by atoms with Crippen LogP contribution < -0.4 is 5.73 Å². The molecule has 0 aromatic rings. The molecule has 1 aliphatic heterocycles. The molecular weight excluding hydrogens is 236 g/mol. The van der Waals surface area contributed by atoms with Crippen LogP contribution >= 0.6 is 0 Å². The summed E-state index contributed by atoms with van der Waals surface area (Å²) in [6, 6.07) is 0.200. The van der Waals surface area contributed by atoms with Gasteiger partial charge in [0.05, 0.1) is 11.5 Å². The van der Waals surface area contributed by atoms with Crippen LogP contribution in [0.15, 0.2) is 0 Å². The van der Waals surface area contributed by atoms with Crippen LogP contribution in [0.4, 0.5) is 0 Å². The van der Waals surface area contributed by atoms with E-state index in [4.69, 9.17) is 5.73 Å². The minimum absolute atomic E-state index is 0.0571. The Balaban J connectivity index is 2.67. The van der Waals surface area contributed by atoms with Gasteiger partial charge in [0, 0.05) is 12.6 Å². The first-order valence-electron chi connectivity index (χ1n) is 6.44. The molecule has 1 saturated heterocycles. The second kappa shape index (κ2) is 5.67. The first kappa shape index (κ1) is 14.9. The molecule has 0 saturated carbocycles. The number of hydrogen-bond donors (Lipinski definition) is 1. The third-order valence-electron chi connectivity index (χ3n) is 3.42. The quantitative estimate of drug-likeness (QED) is 0.771. The molecule has 0 aliphatic carbocycles. The molecule has 1 unspecified atom stereocenters. The number of nitrogens with zero attached hydrogens (tertiary/aromatic N) is 1. The van der Waals surface area contributed by atoms with E-state index in [0.29, 0.717) is 18.1 Å². The largest absolute Gasteiger partial charge is 0.330 e. The molecule has 4 nitrogen and oxygen atoms in total. The normalized spacial score (nSPS) is 24.4. The smallest absolute Gasteiger partial charge is 0.151 e. The van der Waals surface area contributed by atoms with Gasteiger partial charge in [0.2, 0.25) is 0 Å². The Labute approximate surface area is 105 Å². The summed E-state index contributed by atoms with van der Waals surface area (Å²) in [6.45, 7) is 8.89. The summed E-state index contributed by atoms with van der Waals surface area (Å²) in [6.07, 6.45) is 1.83. The fourth-order valence-corrected chi connectivity index (χ4v) is 4.12. The van der Waals surface area contributed by atoms with Crippen LogP contribution in [0.2, 0.25) is 0 Å². The van der Waals surface area contributed by atoms with Crippen molar-refractivity contribution in [3.8, 4) is 0 Å². The molecule has 5 heteroatoms. The molecule has 0 aromatic carbocycles. The van der Waals surface area contributed by atoms with E-state index < -0.39 is 9.84 Å². The Kier molecular flexibility index (Phi) is 4.98. The van der Waals surface area contributed by atoms with Gasteiger partial charge in [-0.2, -0.15) is 0 Å². The number of hydrogen-bond acceptors (Lipinski definition) is 4. The molecule has 1 heterocycles. The molecule has 2 N–H and O–H groups in total. The standard InChI is InChI=1S/C12H26N2O2S/c1-4-6-14(10-12(2,3)9-13)11-5-7-17(15,16)8-11/h11H,4-10,13H2,1-3H3. The molecule has 0 spiro atoms. The number of sulfone groups is 1. The van der Waals surface area contributed by atoms with Gasteiger partial charge in [-0.25, -0.2) is 8.42 Å². The highest BCUT2D eigenvalue weighted by Gasteiger charge is 2.33. The van der Waals surface area contributed by atoms with Gasteiger partial charge in [0.15, 0.2) is 9.84 Å². The van der Waals surface area contributed by atoms with E-state index in [0.717, 1.165) is 25.9 Å². The lowest BCUT2D eigenvalue weighted by Crippen LogP contribution is -2.45.